The molecule has 30 heavy (non-hydrogen) atoms. The van der Waals surface area contributed by atoms with E-state index < -0.39 is 9.85 Å². The Morgan fingerprint density at radius 3 is 1.43 bits per heavy atom. The van der Waals surface area contributed by atoms with Gasteiger partial charge in [0.05, 0.1) is 14.1 Å². The third-order valence-electron chi connectivity index (χ3n) is 3.97. The molecule has 0 unspecified atom stereocenters. The summed E-state index contributed by atoms with van der Waals surface area (Å²) in [5, 5.41) is 39.8. The van der Waals surface area contributed by atoms with Crippen LogP contribution in [0.3, 0.4) is 0 Å². The van der Waals surface area contributed by atoms with Gasteiger partial charge in [0.25, 0.3) is 11.4 Å². The molecule has 0 fully saturated rings. The lowest BCUT2D eigenvalue weighted by Gasteiger charge is -2.08. The van der Waals surface area contributed by atoms with Gasteiger partial charge in [-0.25, -0.2) is 0 Å². The number of thioether (sulfide) groups is 2. The summed E-state index contributed by atoms with van der Waals surface area (Å²) in [6.07, 6.45) is 1.28. The first kappa shape index (κ1) is 22.9. The second-order valence-corrected chi connectivity index (χ2v) is 8.40. The predicted octanol–water partition coefficient (Wildman–Crippen LogP) is 5.01. The van der Waals surface area contributed by atoms with Gasteiger partial charge in [0.2, 0.25) is 0 Å². The van der Waals surface area contributed by atoms with E-state index in [9.17, 15) is 30.8 Å². The van der Waals surface area contributed by atoms with E-state index in [1.54, 1.807) is 24.3 Å². The Morgan fingerprint density at radius 2 is 1.13 bits per heavy atom. The lowest BCUT2D eigenvalue weighted by molar-refractivity contribution is -0.385. The van der Waals surface area contributed by atoms with Gasteiger partial charge in [-0.2, -0.15) is 10.5 Å². The quantitative estimate of drug-likeness (QED) is 0.286. The summed E-state index contributed by atoms with van der Waals surface area (Å²) >= 11 is 2.80. The van der Waals surface area contributed by atoms with Gasteiger partial charge in [0, 0.05) is 35.8 Å². The van der Waals surface area contributed by atoms with E-state index in [4.69, 9.17) is 0 Å². The molecular formula is C20H16N4O4S2. The first-order valence-corrected chi connectivity index (χ1v) is 10.7. The van der Waals surface area contributed by atoms with Crippen LogP contribution in [0.4, 0.5) is 11.4 Å². The lowest BCUT2D eigenvalue weighted by atomic mass is 10.1. The maximum absolute atomic E-state index is 10.7. The number of nitrogens with zero attached hydrogens (tertiary/aromatic N) is 4. The SMILES string of the molecule is N#CC(C#N)=C(SCCc1ccc([N+](=O)[O-])cc1)SCCc1ccc([N+](=O)[O-])cc1. The molecule has 0 aliphatic carbocycles. The molecule has 0 aliphatic heterocycles. The summed E-state index contributed by atoms with van der Waals surface area (Å²) in [5.74, 6) is 1.23. The molecule has 152 valence electrons. The van der Waals surface area contributed by atoms with Crippen molar-refractivity contribution in [2.75, 3.05) is 11.5 Å². The van der Waals surface area contributed by atoms with Crippen molar-refractivity contribution in [1.29, 1.82) is 10.5 Å². The monoisotopic (exact) mass is 440 g/mol. The minimum absolute atomic E-state index is 0.0324. The van der Waals surface area contributed by atoms with Crippen molar-refractivity contribution in [2.45, 2.75) is 12.8 Å². The standard InChI is InChI=1S/C20H16N4O4S2/c21-13-17(14-22)20(29-11-9-15-1-5-18(6-2-15)23(25)26)30-12-10-16-3-7-19(8-4-16)24(27)28/h1-8H,9-12H2. The van der Waals surface area contributed by atoms with Crippen LogP contribution in [-0.4, -0.2) is 21.4 Å². The van der Waals surface area contributed by atoms with Gasteiger partial charge in [0.15, 0.2) is 0 Å². The average molecular weight is 441 g/mol. The highest BCUT2D eigenvalue weighted by atomic mass is 32.2. The van der Waals surface area contributed by atoms with E-state index in [2.05, 4.69) is 0 Å². The molecule has 0 heterocycles. The number of hydrogen-bond acceptors (Lipinski definition) is 8. The van der Waals surface area contributed by atoms with Gasteiger partial charge in [-0.05, 0) is 24.0 Å². The number of nitro groups is 2. The summed E-state index contributed by atoms with van der Waals surface area (Å²) in [6.45, 7) is 0. The summed E-state index contributed by atoms with van der Waals surface area (Å²) in [6, 6.07) is 16.4. The van der Waals surface area contributed by atoms with Gasteiger partial charge in [-0.1, -0.05) is 24.3 Å². The molecule has 0 amide bonds. The molecule has 0 radical (unpaired) electrons. The smallest absolute Gasteiger partial charge is 0.258 e. The highest BCUT2D eigenvalue weighted by Crippen LogP contribution is 2.32. The highest BCUT2D eigenvalue weighted by Gasteiger charge is 2.10. The topological polar surface area (TPSA) is 134 Å². The molecule has 10 heteroatoms. The van der Waals surface area contributed by atoms with Crippen LogP contribution in [0.15, 0.2) is 58.3 Å². The fourth-order valence-electron chi connectivity index (χ4n) is 2.39. The van der Waals surface area contributed by atoms with Crippen LogP contribution in [0, 0.1) is 42.9 Å². The first-order valence-electron chi connectivity index (χ1n) is 8.71. The minimum atomic E-state index is -0.451. The number of aryl methyl sites for hydroxylation is 2. The molecule has 0 aliphatic rings. The van der Waals surface area contributed by atoms with Gasteiger partial charge >= 0.3 is 0 Å². The molecule has 0 saturated heterocycles. The van der Waals surface area contributed by atoms with Crippen molar-refractivity contribution < 1.29 is 9.85 Å². The molecule has 0 N–H and O–H groups in total. The number of non-ortho nitro benzene ring substituents is 2. The van der Waals surface area contributed by atoms with Crippen molar-refractivity contribution in [3.63, 3.8) is 0 Å². The van der Waals surface area contributed by atoms with E-state index in [1.807, 2.05) is 12.1 Å². The number of allylic oxidation sites excluding steroid dienone is 1. The number of benzene rings is 2. The Labute approximate surface area is 181 Å². The van der Waals surface area contributed by atoms with Crippen LogP contribution >= 0.6 is 23.5 Å². The van der Waals surface area contributed by atoms with Crippen LogP contribution in [0.1, 0.15) is 11.1 Å². The van der Waals surface area contributed by atoms with E-state index >= 15 is 0 Å². The van der Waals surface area contributed by atoms with Crippen LogP contribution in [-0.2, 0) is 12.8 Å². The van der Waals surface area contributed by atoms with E-state index in [1.165, 1.54) is 47.8 Å². The van der Waals surface area contributed by atoms with Crippen molar-refractivity contribution in [2.24, 2.45) is 0 Å². The van der Waals surface area contributed by atoms with Crippen molar-refractivity contribution in [1.82, 2.24) is 0 Å². The van der Waals surface area contributed by atoms with Crippen molar-refractivity contribution in [3.8, 4) is 12.1 Å². The van der Waals surface area contributed by atoms with E-state index in [0.717, 1.165) is 11.1 Å². The summed E-state index contributed by atoms with van der Waals surface area (Å²) in [4.78, 5) is 20.5. The molecule has 0 aromatic heterocycles. The Bertz CT molecular complexity index is 941. The molecule has 0 atom stereocenters. The molecule has 2 rings (SSSR count). The maximum Gasteiger partial charge on any atom is 0.269 e. The molecule has 0 bridgehead atoms. The molecule has 2 aromatic rings. The normalized spacial score (nSPS) is 9.93. The zero-order chi connectivity index (χ0) is 21.9. The lowest BCUT2D eigenvalue weighted by Crippen LogP contribution is -1.94. The Morgan fingerprint density at radius 1 is 0.767 bits per heavy atom. The zero-order valence-corrected chi connectivity index (χ0v) is 17.3. The minimum Gasteiger partial charge on any atom is -0.258 e. The molecule has 8 nitrogen and oxygen atoms in total. The van der Waals surface area contributed by atoms with Crippen LogP contribution in [0.5, 0.6) is 0 Å². The Hall–Kier alpha value is -3.34. The number of hydrogen-bond donors (Lipinski definition) is 0. The molecule has 0 spiro atoms. The van der Waals surface area contributed by atoms with Crippen molar-refractivity contribution in [3.05, 3.63) is 89.7 Å². The van der Waals surface area contributed by atoms with Crippen molar-refractivity contribution >= 4 is 34.9 Å². The van der Waals surface area contributed by atoms with E-state index in [0.29, 0.717) is 28.6 Å². The average Bonchev–Trinajstić information content (AvgIpc) is 2.75. The fraction of sp³-hybridized carbons (Fsp3) is 0.200. The zero-order valence-electron chi connectivity index (χ0n) is 15.7. The van der Waals surface area contributed by atoms with Gasteiger partial charge < -0.3 is 0 Å². The Balaban J connectivity index is 1.92. The van der Waals surface area contributed by atoms with Crippen LogP contribution < -0.4 is 0 Å². The third-order valence-corrected chi connectivity index (χ3v) is 6.43. The predicted molar refractivity (Wildman–Crippen MR) is 117 cm³/mol. The van der Waals surface area contributed by atoms with Gasteiger partial charge in [0.1, 0.15) is 17.7 Å². The summed E-state index contributed by atoms with van der Waals surface area (Å²) in [5.41, 5.74) is 1.98. The second kappa shape index (κ2) is 11.6. The fourth-order valence-corrected chi connectivity index (χ4v) is 4.75. The van der Waals surface area contributed by atoms with Crippen LogP contribution in [0.2, 0.25) is 0 Å². The number of nitro benzene ring substituents is 2. The van der Waals surface area contributed by atoms with Gasteiger partial charge in [-0.3, -0.25) is 20.2 Å². The third kappa shape index (κ3) is 6.92. The largest absolute Gasteiger partial charge is 0.269 e. The highest BCUT2D eigenvalue weighted by molar-refractivity contribution is 8.22. The number of rotatable bonds is 10. The maximum atomic E-state index is 10.7. The molecule has 2 aromatic carbocycles. The Kier molecular flexibility index (Phi) is 8.88. The van der Waals surface area contributed by atoms with Crippen LogP contribution in [0.25, 0.3) is 0 Å². The molecule has 0 saturated carbocycles. The summed E-state index contributed by atoms with van der Waals surface area (Å²) in [7, 11) is 0. The van der Waals surface area contributed by atoms with Gasteiger partial charge in [-0.15, -0.1) is 23.5 Å². The molecular weight excluding hydrogens is 424 g/mol. The summed E-state index contributed by atoms with van der Waals surface area (Å²) < 4.78 is 0.629. The number of nitriles is 2. The first-order chi connectivity index (χ1) is 14.4. The second-order valence-electron chi connectivity index (χ2n) is 5.93. The van der Waals surface area contributed by atoms with E-state index in [-0.39, 0.29) is 16.9 Å².